The monoisotopic (exact) mass is 445 g/mol. The number of rotatable bonds is 4. The normalized spacial score (nSPS) is 11.4. The van der Waals surface area contributed by atoms with Crippen LogP contribution in [0, 0.1) is 0 Å². The molecule has 0 aromatic heterocycles. The first-order valence-electron chi connectivity index (χ1n) is 7.31. The van der Waals surface area contributed by atoms with E-state index in [4.69, 9.17) is 24.4 Å². The van der Waals surface area contributed by atoms with Crippen molar-refractivity contribution in [2.24, 2.45) is 0 Å². The third kappa shape index (κ3) is 6.54. The molecule has 0 heterocycles. The summed E-state index contributed by atoms with van der Waals surface area (Å²) in [6, 6.07) is 19.8. The first-order valence-corrected chi connectivity index (χ1v) is 8.12. The Bertz CT molecular complexity index is 753. The van der Waals surface area contributed by atoms with Crippen molar-refractivity contribution < 1.29 is 25.4 Å². The van der Waals surface area contributed by atoms with Gasteiger partial charge in [-0.1, -0.05) is 60.7 Å². The Hall–Kier alpha value is -1.51. The van der Waals surface area contributed by atoms with E-state index in [9.17, 15) is 0 Å². The van der Waals surface area contributed by atoms with Gasteiger partial charge in [0.25, 0.3) is 4.99 Å². The SMILES string of the molecule is CC(=CC(C)=[NH+]C(=S)c1ccccc1)NC(=S)c1ccccc1.[Pd+2]. The maximum Gasteiger partial charge on any atom is 2.00 e. The molecule has 0 unspecified atom stereocenters. The number of benzene rings is 2. The van der Waals surface area contributed by atoms with Crippen LogP contribution in [0.1, 0.15) is 25.0 Å². The molecule has 24 heavy (non-hydrogen) atoms. The van der Waals surface area contributed by atoms with Crippen LogP contribution in [0.5, 0.6) is 0 Å². The van der Waals surface area contributed by atoms with Crippen molar-refractivity contribution in [3.63, 3.8) is 0 Å². The summed E-state index contributed by atoms with van der Waals surface area (Å²) in [4.78, 5) is 4.64. The van der Waals surface area contributed by atoms with E-state index in [0.717, 1.165) is 22.5 Å². The van der Waals surface area contributed by atoms with E-state index in [2.05, 4.69) is 10.3 Å². The molecule has 124 valence electrons. The molecule has 0 saturated carbocycles. The zero-order valence-corrected chi connectivity index (χ0v) is 16.7. The Kier molecular flexibility index (Phi) is 8.88. The largest absolute Gasteiger partial charge is 2.00 e. The molecule has 2 rings (SSSR count). The topological polar surface area (TPSA) is 26.0 Å². The van der Waals surface area contributed by atoms with Crippen molar-refractivity contribution in [3.05, 3.63) is 83.6 Å². The summed E-state index contributed by atoms with van der Waals surface area (Å²) in [6.07, 6.45) is 1.99. The summed E-state index contributed by atoms with van der Waals surface area (Å²) in [5.41, 5.74) is 3.92. The van der Waals surface area contributed by atoms with Gasteiger partial charge in [-0.25, -0.2) is 0 Å². The van der Waals surface area contributed by atoms with Crippen molar-refractivity contribution in [3.8, 4) is 0 Å². The Labute approximate surface area is 167 Å². The molecular formula is C19H19N2PdS2+3. The van der Waals surface area contributed by atoms with E-state index in [1.807, 2.05) is 80.6 Å². The predicted octanol–water partition coefficient (Wildman–Crippen LogP) is 2.77. The van der Waals surface area contributed by atoms with E-state index in [1.165, 1.54) is 0 Å². The summed E-state index contributed by atoms with van der Waals surface area (Å²) >= 11 is 10.8. The van der Waals surface area contributed by atoms with Crippen LogP contribution < -0.4 is 10.3 Å². The summed E-state index contributed by atoms with van der Waals surface area (Å²) in [5.74, 6) is 0. The molecule has 0 atom stereocenters. The number of hydrogen-bond donors (Lipinski definition) is 2. The Morgan fingerprint density at radius 2 is 1.38 bits per heavy atom. The van der Waals surface area contributed by atoms with Gasteiger partial charge in [0.2, 0.25) is 0 Å². The molecule has 0 radical (unpaired) electrons. The van der Waals surface area contributed by atoms with Crippen LogP contribution in [0.15, 0.2) is 72.4 Å². The molecule has 0 amide bonds. The number of allylic oxidation sites excluding steroid dienone is 2. The van der Waals surface area contributed by atoms with Crippen molar-refractivity contribution >= 4 is 40.1 Å². The fourth-order valence-electron chi connectivity index (χ4n) is 2.08. The molecular weight excluding hydrogens is 427 g/mol. The molecule has 5 heteroatoms. The first-order chi connectivity index (χ1) is 11.1. The molecule has 0 saturated heterocycles. The minimum atomic E-state index is 0. The van der Waals surface area contributed by atoms with Crippen LogP contribution in [0.2, 0.25) is 0 Å². The average Bonchev–Trinajstić information content (AvgIpc) is 2.56. The van der Waals surface area contributed by atoms with Crippen molar-refractivity contribution in [2.75, 3.05) is 0 Å². The van der Waals surface area contributed by atoms with Crippen LogP contribution in [-0.4, -0.2) is 15.7 Å². The van der Waals surface area contributed by atoms with E-state index in [1.54, 1.807) is 0 Å². The van der Waals surface area contributed by atoms with Crippen LogP contribution >= 0.6 is 24.4 Å². The Morgan fingerprint density at radius 3 is 1.92 bits per heavy atom. The van der Waals surface area contributed by atoms with Crippen LogP contribution in [0.4, 0.5) is 0 Å². The van der Waals surface area contributed by atoms with E-state index < -0.39 is 0 Å². The molecule has 2 N–H and O–H groups in total. The third-order valence-electron chi connectivity index (χ3n) is 3.13. The van der Waals surface area contributed by atoms with Crippen LogP contribution in [-0.2, 0) is 20.4 Å². The third-order valence-corrected chi connectivity index (χ3v) is 3.80. The molecule has 0 aliphatic rings. The van der Waals surface area contributed by atoms with Gasteiger partial charge in [0, 0.05) is 24.3 Å². The van der Waals surface area contributed by atoms with Gasteiger partial charge >= 0.3 is 20.4 Å². The van der Waals surface area contributed by atoms with Gasteiger partial charge in [0.1, 0.15) is 4.99 Å². The number of thiocarbonyl (C=S) groups is 2. The number of hydrogen-bond acceptors (Lipinski definition) is 2. The quantitative estimate of drug-likeness (QED) is 0.430. The smallest absolute Gasteiger partial charge is 0.350 e. The minimum absolute atomic E-state index is 0. The van der Waals surface area contributed by atoms with Gasteiger partial charge in [0.15, 0.2) is 5.71 Å². The summed E-state index contributed by atoms with van der Waals surface area (Å²) in [5, 5.41) is 3.23. The maximum absolute atomic E-state index is 5.41. The second kappa shape index (κ2) is 10.4. The summed E-state index contributed by atoms with van der Waals surface area (Å²) < 4.78 is 0. The van der Waals surface area contributed by atoms with Crippen molar-refractivity contribution in [2.45, 2.75) is 13.8 Å². The molecule has 0 aliphatic heterocycles. The van der Waals surface area contributed by atoms with E-state index in [-0.39, 0.29) is 20.4 Å². The van der Waals surface area contributed by atoms with Gasteiger partial charge in [-0.3, -0.25) is 0 Å². The zero-order chi connectivity index (χ0) is 16.7. The standard InChI is InChI=1S/C19H18N2S2.Pd/c1-14(20-18(22)16-9-5-3-6-10-16)13-15(2)21-19(23)17-11-7-4-8-12-17;/h3-13H,1-2H3,(H,20,22);/q;+2/p+1. The fraction of sp³-hybridized carbons (Fsp3) is 0.105. The second-order valence-electron chi connectivity index (χ2n) is 5.15. The van der Waals surface area contributed by atoms with Gasteiger partial charge in [-0.15, -0.1) is 0 Å². The molecule has 0 spiro atoms. The molecule has 2 nitrogen and oxygen atoms in total. The van der Waals surface area contributed by atoms with Gasteiger partial charge in [-0.05, 0) is 31.3 Å². The molecule has 0 bridgehead atoms. The summed E-state index contributed by atoms with van der Waals surface area (Å²) in [7, 11) is 0. The number of nitrogens with one attached hydrogen (secondary N) is 2. The maximum atomic E-state index is 5.41. The summed E-state index contributed by atoms with van der Waals surface area (Å²) in [6.45, 7) is 3.96. The van der Waals surface area contributed by atoms with Crippen LogP contribution in [0.3, 0.4) is 0 Å². The minimum Gasteiger partial charge on any atom is -0.350 e. The predicted molar refractivity (Wildman–Crippen MR) is 105 cm³/mol. The fourth-order valence-corrected chi connectivity index (χ4v) is 2.67. The van der Waals surface area contributed by atoms with Crippen LogP contribution in [0.25, 0.3) is 0 Å². The first kappa shape index (κ1) is 20.5. The van der Waals surface area contributed by atoms with Gasteiger partial charge < -0.3 is 5.32 Å². The molecule has 2 aromatic carbocycles. The van der Waals surface area contributed by atoms with Crippen molar-refractivity contribution in [1.82, 2.24) is 5.32 Å². The zero-order valence-electron chi connectivity index (χ0n) is 13.5. The Balaban J connectivity index is 0.00000288. The Morgan fingerprint density at radius 1 is 0.875 bits per heavy atom. The average molecular weight is 446 g/mol. The van der Waals surface area contributed by atoms with E-state index >= 15 is 0 Å². The van der Waals surface area contributed by atoms with Crippen molar-refractivity contribution in [1.29, 1.82) is 0 Å². The molecule has 0 aliphatic carbocycles. The molecule has 0 fully saturated rings. The second-order valence-corrected chi connectivity index (χ2v) is 5.97. The van der Waals surface area contributed by atoms with Gasteiger partial charge in [0.05, 0.1) is 5.56 Å². The van der Waals surface area contributed by atoms with E-state index in [0.29, 0.717) is 9.98 Å². The molecule has 2 aromatic rings. The van der Waals surface area contributed by atoms with Gasteiger partial charge in [-0.2, -0.15) is 4.99 Å².